The van der Waals surface area contributed by atoms with Gasteiger partial charge in [0.25, 0.3) is 0 Å². The van der Waals surface area contributed by atoms with Gasteiger partial charge in [-0.1, -0.05) is 0 Å². The fraction of sp³-hybridized carbons (Fsp3) is 0.833. The summed E-state index contributed by atoms with van der Waals surface area (Å²) in [5.74, 6) is -1.15. The van der Waals surface area contributed by atoms with Crippen LogP contribution in [0.1, 0.15) is 26.7 Å². The molecule has 1 amide bonds. The average molecular weight is 259 g/mol. The third-order valence-corrected chi connectivity index (χ3v) is 2.72. The van der Waals surface area contributed by atoms with Gasteiger partial charge in [-0.05, 0) is 20.3 Å². The van der Waals surface area contributed by atoms with Crippen LogP contribution >= 0.6 is 0 Å². The number of carboxylic acids is 1. The van der Waals surface area contributed by atoms with Gasteiger partial charge >= 0.3 is 5.97 Å². The number of hydrogen-bond donors (Lipinski definition) is 1. The minimum absolute atomic E-state index is 0.0730. The molecule has 0 aromatic carbocycles. The van der Waals surface area contributed by atoms with Gasteiger partial charge in [-0.25, -0.2) is 4.79 Å². The molecule has 1 N–H and O–H groups in total. The highest BCUT2D eigenvalue weighted by Gasteiger charge is 2.32. The van der Waals surface area contributed by atoms with E-state index in [0.29, 0.717) is 32.6 Å². The fourth-order valence-corrected chi connectivity index (χ4v) is 1.79. The molecule has 6 heteroatoms. The van der Waals surface area contributed by atoms with Crippen LogP contribution in [0, 0.1) is 0 Å². The Labute approximate surface area is 107 Å². The first-order valence-electron chi connectivity index (χ1n) is 6.24. The number of nitrogens with zero attached hydrogens (tertiary/aromatic N) is 1. The number of amides is 1. The van der Waals surface area contributed by atoms with E-state index >= 15 is 0 Å². The van der Waals surface area contributed by atoms with Crippen LogP contribution in [0.4, 0.5) is 0 Å². The van der Waals surface area contributed by atoms with Gasteiger partial charge < -0.3 is 19.5 Å². The topological polar surface area (TPSA) is 76.1 Å². The molecule has 1 aliphatic heterocycles. The lowest BCUT2D eigenvalue weighted by atomic mass is 10.2. The third-order valence-electron chi connectivity index (χ3n) is 2.72. The van der Waals surface area contributed by atoms with E-state index < -0.39 is 12.0 Å². The van der Waals surface area contributed by atoms with E-state index in [4.69, 9.17) is 14.6 Å². The van der Waals surface area contributed by atoms with E-state index in [-0.39, 0.29) is 18.6 Å². The molecule has 0 spiro atoms. The Hall–Kier alpha value is -1.14. The molecule has 104 valence electrons. The molecule has 0 saturated carbocycles. The lowest BCUT2D eigenvalue weighted by molar-refractivity contribution is -0.158. The molecular formula is C12H21NO5. The summed E-state index contributed by atoms with van der Waals surface area (Å²) in [6.45, 7) is 5.21. The van der Waals surface area contributed by atoms with Gasteiger partial charge in [0.1, 0.15) is 0 Å². The molecule has 1 saturated heterocycles. The molecule has 0 aromatic heterocycles. The summed E-state index contributed by atoms with van der Waals surface area (Å²) in [7, 11) is 0. The second-order valence-electron chi connectivity index (χ2n) is 4.54. The molecule has 0 radical (unpaired) electrons. The number of rotatable bonds is 6. The van der Waals surface area contributed by atoms with E-state index in [2.05, 4.69) is 0 Å². The first kappa shape index (κ1) is 14.9. The molecule has 6 nitrogen and oxygen atoms in total. The third kappa shape index (κ3) is 4.62. The summed E-state index contributed by atoms with van der Waals surface area (Å²) in [5, 5.41) is 9.00. The van der Waals surface area contributed by atoms with E-state index in [1.54, 1.807) is 0 Å². The lowest BCUT2D eigenvalue weighted by Crippen LogP contribution is -2.52. The summed E-state index contributed by atoms with van der Waals surface area (Å²) in [4.78, 5) is 24.3. The first-order valence-corrected chi connectivity index (χ1v) is 6.24. The van der Waals surface area contributed by atoms with Gasteiger partial charge in [0, 0.05) is 19.6 Å². The minimum atomic E-state index is -1.01. The molecule has 0 aromatic rings. The average Bonchev–Trinajstić information content (AvgIpc) is 2.34. The molecular weight excluding hydrogens is 238 g/mol. The zero-order chi connectivity index (χ0) is 13.5. The molecule has 1 rings (SSSR count). The van der Waals surface area contributed by atoms with Crippen molar-refractivity contribution in [3.63, 3.8) is 0 Å². The maximum absolute atomic E-state index is 11.9. The molecule has 18 heavy (non-hydrogen) atoms. The maximum Gasteiger partial charge on any atom is 0.328 e. The van der Waals surface area contributed by atoms with Gasteiger partial charge in [-0.2, -0.15) is 0 Å². The van der Waals surface area contributed by atoms with Gasteiger partial charge in [-0.3, -0.25) is 4.79 Å². The van der Waals surface area contributed by atoms with E-state index in [0.717, 1.165) is 0 Å². The number of carboxylic acid groups (broad SMARTS) is 1. The van der Waals surface area contributed by atoms with Crippen LogP contribution < -0.4 is 0 Å². The summed E-state index contributed by atoms with van der Waals surface area (Å²) in [6, 6.07) is -0.850. The summed E-state index contributed by atoms with van der Waals surface area (Å²) in [5.41, 5.74) is 0. The molecule has 0 aliphatic carbocycles. The van der Waals surface area contributed by atoms with Crippen molar-refractivity contribution in [2.45, 2.75) is 38.8 Å². The minimum Gasteiger partial charge on any atom is -0.480 e. The van der Waals surface area contributed by atoms with Crippen molar-refractivity contribution in [3.8, 4) is 0 Å². The Morgan fingerprint density at radius 2 is 2.22 bits per heavy atom. The molecule has 1 aliphatic rings. The number of carbonyl (C=O) groups is 2. The monoisotopic (exact) mass is 259 g/mol. The molecule has 1 unspecified atom stereocenters. The second-order valence-corrected chi connectivity index (χ2v) is 4.54. The molecule has 1 heterocycles. The van der Waals surface area contributed by atoms with Crippen molar-refractivity contribution in [1.82, 2.24) is 4.90 Å². The molecule has 1 fully saturated rings. The number of carbonyl (C=O) groups excluding carboxylic acids is 1. The van der Waals surface area contributed by atoms with Crippen LogP contribution in [0.2, 0.25) is 0 Å². The number of ether oxygens (including phenoxy) is 2. The van der Waals surface area contributed by atoms with Gasteiger partial charge in [0.15, 0.2) is 6.04 Å². The number of hydrogen-bond acceptors (Lipinski definition) is 4. The van der Waals surface area contributed by atoms with Gasteiger partial charge in [0.05, 0.1) is 19.3 Å². The van der Waals surface area contributed by atoms with Crippen LogP contribution in [0.5, 0.6) is 0 Å². The Balaban J connectivity index is 2.36. The highest BCUT2D eigenvalue weighted by Crippen LogP contribution is 2.10. The van der Waals surface area contributed by atoms with Crippen molar-refractivity contribution >= 4 is 11.9 Å². The largest absolute Gasteiger partial charge is 0.480 e. The van der Waals surface area contributed by atoms with Crippen molar-refractivity contribution in [2.75, 3.05) is 26.4 Å². The Morgan fingerprint density at radius 3 is 2.83 bits per heavy atom. The predicted molar refractivity (Wildman–Crippen MR) is 64.3 cm³/mol. The van der Waals surface area contributed by atoms with E-state index in [1.807, 2.05) is 13.8 Å². The molecule has 0 bridgehead atoms. The zero-order valence-corrected chi connectivity index (χ0v) is 10.9. The van der Waals surface area contributed by atoms with Crippen molar-refractivity contribution in [2.24, 2.45) is 0 Å². The second kappa shape index (κ2) is 7.33. The molecule has 1 atom stereocenters. The number of aliphatic carboxylic acids is 1. The van der Waals surface area contributed by atoms with Crippen LogP contribution in [-0.2, 0) is 19.1 Å². The summed E-state index contributed by atoms with van der Waals surface area (Å²) in [6.07, 6.45) is 1.08. The predicted octanol–water partition coefficient (Wildman–Crippen LogP) is 0.504. The Morgan fingerprint density at radius 1 is 1.50 bits per heavy atom. The lowest BCUT2D eigenvalue weighted by Gasteiger charge is -2.32. The summed E-state index contributed by atoms with van der Waals surface area (Å²) < 4.78 is 10.4. The Kier molecular flexibility index (Phi) is 6.07. The van der Waals surface area contributed by atoms with Crippen molar-refractivity contribution in [3.05, 3.63) is 0 Å². The number of morpholine rings is 1. The SMILES string of the molecule is CC(C)OCCCC(=O)N1CCOCC1C(=O)O. The van der Waals surface area contributed by atoms with Crippen molar-refractivity contribution in [1.29, 1.82) is 0 Å². The fourth-order valence-electron chi connectivity index (χ4n) is 1.79. The quantitative estimate of drug-likeness (QED) is 0.703. The zero-order valence-electron chi connectivity index (χ0n) is 10.9. The first-order chi connectivity index (χ1) is 8.52. The van der Waals surface area contributed by atoms with Gasteiger partial charge in [-0.15, -0.1) is 0 Å². The normalized spacial score (nSPS) is 20.2. The highest BCUT2D eigenvalue weighted by molar-refractivity contribution is 5.83. The summed E-state index contributed by atoms with van der Waals surface area (Å²) >= 11 is 0. The Bertz CT molecular complexity index is 292. The van der Waals surface area contributed by atoms with Crippen LogP contribution in [0.25, 0.3) is 0 Å². The van der Waals surface area contributed by atoms with Gasteiger partial charge in [0.2, 0.25) is 5.91 Å². The maximum atomic E-state index is 11.9. The standard InChI is InChI=1S/C12H21NO5/c1-9(2)18-6-3-4-11(14)13-5-7-17-8-10(13)12(15)16/h9-10H,3-8H2,1-2H3,(H,15,16). The van der Waals surface area contributed by atoms with Crippen LogP contribution in [0.3, 0.4) is 0 Å². The van der Waals surface area contributed by atoms with E-state index in [1.165, 1.54) is 4.90 Å². The smallest absolute Gasteiger partial charge is 0.328 e. The van der Waals surface area contributed by atoms with Crippen molar-refractivity contribution < 1.29 is 24.2 Å². The highest BCUT2D eigenvalue weighted by atomic mass is 16.5. The van der Waals surface area contributed by atoms with Crippen LogP contribution in [0.15, 0.2) is 0 Å². The van der Waals surface area contributed by atoms with E-state index in [9.17, 15) is 9.59 Å². The van der Waals surface area contributed by atoms with Crippen LogP contribution in [-0.4, -0.2) is 60.4 Å².